The van der Waals surface area contributed by atoms with Crippen molar-refractivity contribution >= 4 is 17.5 Å². The molecular formula is C16H17ClN2O3. The second-order valence-electron chi connectivity index (χ2n) is 5.78. The number of methoxy groups -OCH3 is 1. The summed E-state index contributed by atoms with van der Waals surface area (Å²) in [6, 6.07) is 5.82. The fourth-order valence-corrected chi connectivity index (χ4v) is 3.56. The Kier molecular flexibility index (Phi) is 3.98. The molecule has 0 aliphatic carbocycles. The molecule has 2 aliphatic heterocycles. The maximum Gasteiger partial charge on any atom is 0.248 e. The van der Waals surface area contributed by atoms with Crippen molar-refractivity contribution in [1.29, 1.82) is 5.26 Å². The first kappa shape index (κ1) is 15.1. The van der Waals surface area contributed by atoms with Crippen LogP contribution in [0.3, 0.4) is 0 Å². The number of halogens is 1. The van der Waals surface area contributed by atoms with Crippen LogP contribution in [0.2, 0.25) is 5.02 Å². The molecule has 0 radical (unpaired) electrons. The van der Waals surface area contributed by atoms with Crippen LogP contribution in [-0.2, 0) is 9.53 Å². The summed E-state index contributed by atoms with van der Waals surface area (Å²) in [7, 11) is 1.52. The smallest absolute Gasteiger partial charge is 0.248 e. The van der Waals surface area contributed by atoms with Crippen LogP contribution in [0.4, 0.5) is 0 Å². The Bertz CT molecular complexity index is 656. The Morgan fingerprint density at radius 1 is 1.59 bits per heavy atom. The highest BCUT2D eigenvalue weighted by Gasteiger charge is 2.44. The van der Waals surface area contributed by atoms with Crippen molar-refractivity contribution in [2.24, 2.45) is 0 Å². The van der Waals surface area contributed by atoms with E-state index in [2.05, 4.69) is 6.07 Å². The molecule has 0 saturated carbocycles. The number of likely N-dealkylation sites (tertiary alicyclic amines) is 1. The lowest BCUT2D eigenvalue weighted by molar-refractivity contribution is -0.140. The van der Waals surface area contributed by atoms with E-state index >= 15 is 0 Å². The van der Waals surface area contributed by atoms with E-state index in [4.69, 9.17) is 21.1 Å². The number of carbonyl (C=O) groups is 1. The number of nitriles is 1. The number of carbonyl (C=O) groups excluding carboxylic acids is 1. The molecule has 116 valence electrons. The van der Waals surface area contributed by atoms with Crippen LogP contribution in [0.5, 0.6) is 5.75 Å². The van der Waals surface area contributed by atoms with E-state index in [1.54, 1.807) is 6.07 Å². The number of amides is 1. The molecule has 3 atom stereocenters. The number of nitrogens with zero attached hydrogens (tertiary/aromatic N) is 2. The largest absolute Gasteiger partial charge is 0.488 e. The minimum atomic E-state index is -0.0172. The third-order valence-electron chi connectivity index (χ3n) is 4.45. The highest BCUT2D eigenvalue weighted by molar-refractivity contribution is 6.32. The molecule has 2 heterocycles. The molecule has 0 N–H and O–H groups in total. The van der Waals surface area contributed by atoms with Crippen LogP contribution in [0, 0.1) is 11.3 Å². The molecular weight excluding hydrogens is 304 g/mol. The van der Waals surface area contributed by atoms with Gasteiger partial charge in [-0.05, 0) is 13.0 Å². The Morgan fingerprint density at radius 3 is 3.05 bits per heavy atom. The molecule has 1 saturated heterocycles. The molecule has 0 bridgehead atoms. The third-order valence-corrected chi connectivity index (χ3v) is 4.77. The molecule has 2 unspecified atom stereocenters. The predicted octanol–water partition coefficient (Wildman–Crippen LogP) is 2.32. The summed E-state index contributed by atoms with van der Waals surface area (Å²) in [5, 5.41) is 9.69. The predicted molar refractivity (Wildman–Crippen MR) is 81.0 cm³/mol. The normalized spacial score (nSPS) is 25.9. The van der Waals surface area contributed by atoms with Crippen molar-refractivity contribution in [2.45, 2.75) is 31.4 Å². The number of hydrogen-bond donors (Lipinski definition) is 0. The van der Waals surface area contributed by atoms with E-state index in [1.807, 2.05) is 17.9 Å². The number of hydrogen-bond acceptors (Lipinski definition) is 4. The lowest BCUT2D eigenvalue weighted by Gasteiger charge is -2.39. The summed E-state index contributed by atoms with van der Waals surface area (Å²) in [5.74, 6) is 0.644. The van der Waals surface area contributed by atoms with Gasteiger partial charge in [0.25, 0.3) is 0 Å². The van der Waals surface area contributed by atoms with E-state index in [1.165, 1.54) is 7.11 Å². The van der Waals surface area contributed by atoms with Crippen molar-refractivity contribution in [3.8, 4) is 11.8 Å². The fraction of sp³-hybridized carbons (Fsp3) is 0.500. The van der Waals surface area contributed by atoms with Gasteiger partial charge >= 0.3 is 0 Å². The molecule has 2 aliphatic rings. The van der Waals surface area contributed by atoms with Gasteiger partial charge in [-0.2, -0.15) is 5.26 Å². The average Bonchev–Trinajstić information content (AvgIpc) is 2.83. The van der Waals surface area contributed by atoms with Gasteiger partial charge < -0.3 is 14.4 Å². The number of benzene rings is 1. The quantitative estimate of drug-likeness (QED) is 0.839. The van der Waals surface area contributed by atoms with Crippen LogP contribution in [-0.4, -0.2) is 43.2 Å². The van der Waals surface area contributed by atoms with Gasteiger partial charge in [-0.1, -0.05) is 17.7 Å². The molecule has 1 aromatic rings. The highest BCUT2D eigenvalue weighted by Crippen LogP contribution is 2.46. The van der Waals surface area contributed by atoms with Crippen molar-refractivity contribution in [1.82, 2.24) is 4.90 Å². The Balaban J connectivity index is 1.92. The van der Waals surface area contributed by atoms with Gasteiger partial charge in [-0.3, -0.25) is 4.79 Å². The first-order chi connectivity index (χ1) is 10.6. The van der Waals surface area contributed by atoms with Crippen LogP contribution >= 0.6 is 11.6 Å². The van der Waals surface area contributed by atoms with Crippen molar-refractivity contribution in [3.05, 3.63) is 28.3 Å². The summed E-state index contributed by atoms with van der Waals surface area (Å²) >= 11 is 6.07. The van der Waals surface area contributed by atoms with Gasteiger partial charge in [0.1, 0.15) is 30.1 Å². The second kappa shape index (κ2) is 5.79. The van der Waals surface area contributed by atoms with Crippen LogP contribution < -0.4 is 4.74 Å². The minimum Gasteiger partial charge on any atom is -0.488 e. The summed E-state index contributed by atoms with van der Waals surface area (Å²) in [4.78, 5) is 14.0. The van der Waals surface area contributed by atoms with Gasteiger partial charge in [0.2, 0.25) is 5.91 Å². The van der Waals surface area contributed by atoms with Gasteiger partial charge in [0.05, 0.1) is 5.02 Å². The number of piperidine rings is 1. The number of fused-ring (bicyclic) bond motifs is 3. The van der Waals surface area contributed by atoms with Crippen LogP contribution in [0.25, 0.3) is 0 Å². The van der Waals surface area contributed by atoms with Crippen molar-refractivity contribution in [3.63, 3.8) is 0 Å². The standard InChI is InChI=1S/C16H17ClN2O3/c1-9-5-14-12(7-19(9)15(20)8-21-2)10-3-4-13(17)11(6-18)16(10)22-14/h3-4,9,12,14H,5,7-8H2,1-2H3/t9-,12?,14?/m1/s1. The Hall–Kier alpha value is -1.77. The summed E-state index contributed by atoms with van der Waals surface area (Å²) in [6.45, 7) is 2.67. The fourth-order valence-electron chi connectivity index (χ4n) is 3.37. The van der Waals surface area contributed by atoms with Gasteiger partial charge in [0, 0.05) is 37.6 Å². The maximum absolute atomic E-state index is 12.2. The molecule has 3 rings (SSSR count). The molecule has 0 aromatic heterocycles. The summed E-state index contributed by atoms with van der Waals surface area (Å²) in [5.41, 5.74) is 1.35. The number of ether oxygens (including phenoxy) is 2. The van der Waals surface area contributed by atoms with Gasteiger partial charge in [-0.15, -0.1) is 0 Å². The Morgan fingerprint density at radius 2 is 2.36 bits per heavy atom. The van der Waals surface area contributed by atoms with E-state index in [9.17, 15) is 10.1 Å². The highest BCUT2D eigenvalue weighted by atomic mass is 35.5. The SMILES string of the molecule is COCC(=O)N1CC2c3ccc(Cl)c(C#N)c3OC2C[C@H]1C. The zero-order valence-electron chi connectivity index (χ0n) is 12.5. The molecule has 1 fully saturated rings. The summed E-state index contributed by atoms with van der Waals surface area (Å²) < 4.78 is 11.0. The van der Waals surface area contributed by atoms with Crippen LogP contribution in [0.15, 0.2) is 12.1 Å². The zero-order chi connectivity index (χ0) is 15.9. The Labute approximate surface area is 134 Å². The lowest BCUT2D eigenvalue weighted by Crippen LogP contribution is -2.50. The lowest BCUT2D eigenvalue weighted by atomic mass is 9.86. The van der Waals surface area contributed by atoms with Gasteiger partial charge in [0.15, 0.2) is 0 Å². The third kappa shape index (κ3) is 2.33. The van der Waals surface area contributed by atoms with E-state index in [0.29, 0.717) is 22.9 Å². The topological polar surface area (TPSA) is 62.6 Å². The molecule has 6 heteroatoms. The summed E-state index contributed by atoms with van der Waals surface area (Å²) in [6.07, 6.45) is 0.722. The maximum atomic E-state index is 12.2. The van der Waals surface area contributed by atoms with Gasteiger partial charge in [-0.25, -0.2) is 0 Å². The molecule has 1 aromatic carbocycles. The monoisotopic (exact) mass is 320 g/mol. The van der Waals surface area contributed by atoms with E-state index in [0.717, 1.165) is 12.0 Å². The van der Waals surface area contributed by atoms with E-state index < -0.39 is 0 Å². The zero-order valence-corrected chi connectivity index (χ0v) is 13.3. The molecule has 22 heavy (non-hydrogen) atoms. The van der Waals surface area contributed by atoms with Crippen LogP contribution in [0.1, 0.15) is 30.4 Å². The van der Waals surface area contributed by atoms with Crippen molar-refractivity contribution < 1.29 is 14.3 Å². The van der Waals surface area contributed by atoms with E-state index in [-0.39, 0.29) is 30.6 Å². The van der Waals surface area contributed by atoms with Crippen molar-refractivity contribution in [2.75, 3.05) is 20.3 Å². The first-order valence-corrected chi connectivity index (χ1v) is 7.62. The molecule has 1 amide bonds. The molecule has 5 nitrogen and oxygen atoms in total. The second-order valence-corrected chi connectivity index (χ2v) is 6.19. The molecule has 0 spiro atoms. The minimum absolute atomic E-state index is 0.0119. The number of rotatable bonds is 2. The first-order valence-electron chi connectivity index (χ1n) is 7.24. The average molecular weight is 321 g/mol.